The Kier molecular flexibility index (Phi) is 3.88. The molecular weight excluding hydrogens is 290 g/mol. The van der Waals surface area contributed by atoms with Crippen molar-refractivity contribution in [3.05, 3.63) is 40.2 Å². The van der Waals surface area contributed by atoms with Crippen LogP contribution in [0.5, 0.6) is 0 Å². The van der Waals surface area contributed by atoms with E-state index < -0.39 is 0 Å². The van der Waals surface area contributed by atoms with E-state index in [0.29, 0.717) is 12.3 Å². The number of imidazole rings is 1. The molecule has 1 aliphatic heterocycles. The summed E-state index contributed by atoms with van der Waals surface area (Å²) in [7, 11) is 0. The normalized spacial score (nSPS) is 13.3. The van der Waals surface area contributed by atoms with Crippen LogP contribution in [0.3, 0.4) is 0 Å². The fourth-order valence-corrected chi connectivity index (χ4v) is 3.54. The maximum Gasteiger partial charge on any atom is 0.356 e. The highest BCUT2D eigenvalue weighted by atomic mass is 16.5. The van der Waals surface area contributed by atoms with E-state index in [1.54, 1.807) is 0 Å². The second kappa shape index (κ2) is 5.72. The van der Waals surface area contributed by atoms with Crippen LogP contribution in [0.15, 0.2) is 12.1 Å². The van der Waals surface area contributed by atoms with Gasteiger partial charge in [0.15, 0.2) is 5.69 Å². The van der Waals surface area contributed by atoms with Crippen molar-refractivity contribution >= 4 is 17.6 Å². The Morgan fingerprint density at radius 2 is 1.83 bits per heavy atom. The summed E-state index contributed by atoms with van der Waals surface area (Å²) in [5.41, 5.74) is 6.21. The summed E-state index contributed by atoms with van der Waals surface area (Å²) in [6, 6.07) is 4.38. The molecule has 122 valence electrons. The molecule has 1 aromatic carbocycles. The molecule has 1 aromatic heterocycles. The molecule has 0 bridgehead atoms. The van der Waals surface area contributed by atoms with E-state index in [-0.39, 0.29) is 5.97 Å². The number of ether oxygens (including phenoxy) is 1. The van der Waals surface area contributed by atoms with Gasteiger partial charge in [-0.15, -0.1) is 0 Å². The first-order valence-electron chi connectivity index (χ1n) is 8.03. The first kappa shape index (κ1) is 15.6. The first-order chi connectivity index (χ1) is 10.9. The molecule has 0 N–H and O–H groups in total. The lowest BCUT2D eigenvalue weighted by Crippen LogP contribution is -2.17. The number of benzene rings is 1. The number of aryl methyl sites for hydroxylation is 4. The highest BCUT2D eigenvalue weighted by Crippen LogP contribution is 2.36. The largest absolute Gasteiger partial charge is 0.461 e. The maximum atomic E-state index is 12.2. The van der Waals surface area contributed by atoms with Crippen LogP contribution in [-0.2, 0) is 11.3 Å². The minimum Gasteiger partial charge on any atom is -0.461 e. The van der Waals surface area contributed by atoms with Crippen LogP contribution in [0.1, 0.15) is 39.8 Å². The Labute approximate surface area is 136 Å². The number of anilines is 2. The molecular formula is C18H23N3O2. The van der Waals surface area contributed by atoms with Crippen molar-refractivity contribution in [2.75, 3.05) is 18.1 Å². The molecule has 3 rings (SSSR count). The molecule has 5 heteroatoms. The Balaban J connectivity index is 2.07. The summed E-state index contributed by atoms with van der Waals surface area (Å²) in [5.74, 6) is 0.545. The van der Waals surface area contributed by atoms with Gasteiger partial charge in [0, 0.05) is 18.8 Å². The monoisotopic (exact) mass is 313 g/mol. The number of hydrogen-bond acceptors (Lipinski definition) is 4. The van der Waals surface area contributed by atoms with Crippen LogP contribution in [0.25, 0.3) is 0 Å². The van der Waals surface area contributed by atoms with Gasteiger partial charge in [0.05, 0.1) is 12.3 Å². The number of esters is 1. The van der Waals surface area contributed by atoms with Crippen molar-refractivity contribution in [3.8, 4) is 0 Å². The lowest BCUT2D eigenvalue weighted by molar-refractivity contribution is 0.0513. The number of aromatic nitrogens is 2. The minimum absolute atomic E-state index is 0.289. The number of fused-ring (bicyclic) bond motifs is 1. The molecule has 0 amide bonds. The van der Waals surface area contributed by atoms with Crippen molar-refractivity contribution in [3.63, 3.8) is 0 Å². The molecule has 0 fully saturated rings. The Hall–Kier alpha value is -2.30. The second-order valence-corrected chi connectivity index (χ2v) is 6.12. The molecule has 5 nitrogen and oxygen atoms in total. The van der Waals surface area contributed by atoms with E-state index in [1.807, 2.05) is 18.4 Å². The van der Waals surface area contributed by atoms with Gasteiger partial charge in [-0.05, 0) is 45.7 Å². The quantitative estimate of drug-likeness (QED) is 0.814. The van der Waals surface area contributed by atoms with Crippen molar-refractivity contribution in [1.82, 2.24) is 9.55 Å². The summed E-state index contributed by atoms with van der Waals surface area (Å²) < 4.78 is 7.16. The Morgan fingerprint density at radius 3 is 2.43 bits per heavy atom. The van der Waals surface area contributed by atoms with Gasteiger partial charge in [0.25, 0.3) is 0 Å². The van der Waals surface area contributed by atoms with Crippen LogP contribution in [-0.4, -0.2) is 28.7 Å². The average molecular weight is 313 g/mol. The SMILES string of the molecule is CCOC(=O)c1c(C)nc2n1CCN2c1c(C)cc(C)cc1C. The molecule has 0 atom stereocenters. The second-order valence-electron chi connectivity index (χ2n) is 6.12. The molecule has 0 unspecified atom stereocenters. The van der Waals surface area contributed by atoms with Gasteiger partial charge in [0.2, 0.25) is 5.95 Å². The van der Waals surface area contributed by atoms with Crippen LogP contribution < -0.4 is 4.90 Å². The third kappa shape index (κ3) is 2.50. The van der Waals surface area contributed by atoms with E-state index in [0.717, 1.165) is 24.7 Å². The molecule has 0 radical (unpaired) electrons. The third-order valence-corrected chi connectivity index (χ3v) is 4.28. The van der Waals surface area contributed by atoms with Crippen molar-refractivity contribution < 1.29 is 9.53 Å². The van der Waals surface area contributed by atoms with Crippen LogP contribution >= 0.6 is 0 Å². The van der Waals surface area contributed by atoms with E-state index in [2.05, 4.69) is 42.8 Å². The highest BCUT2D eigenvalue weighted by Gasteiger charge is 2.31. The molecule has 1 aliphatic rings. The van der Waals surface area contributed by atoms with Crippen molar-refractivity contribution in [2.24, 2.45) is 0 Å². The number of carbonyl (C=O) groups excluding carboxylic acids is 1. The summed E-state index contributed by atoms with van der Waals surface area (Å²) >= 11 is 0. The van der Waals surface area contributed by atoms with Gasteiger partial charge in [-0.25, -0.2) is 9.78 Å². The summed E-state index contributed by atoms with van der Waals surface area (Å²) in [6.07, 6.45) is 0. The van der Waals surface area contributed by atoms with Crippen LogP contribution in [0.2, 0.25) is 0 Å². The number of carbonyl (C=O) groups is 1. The maximum absolute atomic E-state index is 12.2. The van der Waals surface area contributed by atoms with E-state index in [9.17, 15) is 4.79 Å². The fraction of sp³-hybridized carbons (Fsp3) is 0.444. The summed E-state index contributed by atoms with van der Waals surface area (Å²) in [5, 5.41) is 0. The molecule has 0 saturated heterocycles. The summed E-state index contributed by atoms with van der Waals surface area (Å²) in [6.45, 7) is 12.0. The molecule has 0 saturated carbocycles. The number of rotatable bonds is 3. The standard InChI is InChI=1S/C18H23N3O2/c1-6-23-17(22)16-14(5)19-18-20(7-8-21(16)18)15-12(3)9-11(2)10-13(15)4/h9-10H,6-8H2,1-5H3. The van der Waals surface area contributed by atoms with Crippen molar-refractivity contribution in [2.45, 2.75) is 41.2 Å². The van der Waals surface area contributed by atoms with Crippen LogP contribution in [0, 0.1) is 27.7 Å². The average Bonchev–Trinajstić information content (AvgIpc) is 2.96. The zero-order valence-corrected chi connectivity index (χ0v) is 14.4. The first-order valence-corrected chi connectivity index (χ1v) is 8.03. The summed E-state index contributed by atoms with van der Waals surface area (Å²) in [4.78, 5) is 19.1. The van der Waals surface area contributed by atoms with Gasteiger partial charge < -0.3 is 14.2 Å². The van der Waals surface area contributed by atoms with Gasteiger partial charge in [-0.1, -0.05) is 17.7 Å². The Bertz CT molecular complexity index is 754. The van der Waals surface area contributed by atoms with E-state index in [1.165, 1.54) is 22.4 Å². The predicted molar refractivity (Wildman–Crippen MR) is 90.6 cm³/mol. The molecule has 2 heterocycles. The molecule has 0 aliphatic carbocycles. The lowest BCUT2D eigenvalue weighted by atomic mass is 10.0. The smallest absolute Gasteiger partial charge is 0.356 e. The van der Waals surface area contributed by atoms with Gasteiger partial charge in [0.1, 0.15) is 0 Å². The lowest BCUT2D eigenvalue weighted by Gasteiger charge is -2.21. The molecule has 23 heavy (non-hydrogen) atoms. The highest BCUT2D eigenvalue weighted by molar-refractivity contribution is 5.90. The minimum atomic E-state index is -0.289. The Morgan fingerprint density at radius 1 is 1.17 bits per heavy atom. The van der Waals surface area contributed by atoms with Gasteiger partial charge in [-0.3, -0.25) is 0 Å². The zero-order chi connectivity index (χ0) is 16.7. The van der Waals surface area contributed by atoms with Crippen molar-refractivity contribution in [1.29, 1.82) is 0 Å². The molecule has 2 aromatic rings. The van der Waals surface area contributed by atoms with Gasteiger partial charge >= 0.3 is 5.97 Å². The van der Waals surface area contributed by atoms with Gasteiger partial charge in [-0.2, -0.15) is 0 Å². The van der Waals surface area contributed by atoms with E-state index in [4.69, 9.17) is 4.74 Å². The number of nitrogens with zero attached hydrogens (tertiary/aromatic N) is 3. The number of hydrogen-bond donors (Lipinski definition) is 0. The molecule has 0 spiro atoms. The van der Waals surface area contributed by atoms with Crippen LogP contribution in [0.4, 0.5) is 11.6 Å². The third-order valence-electron chi connectivity index (χ3n) is 4.28. The zero-order valence-electron chi connectivity index (χ0n) is 14.4. The van der Waals surface area contributed by atoms with E-state index >= 15 is 0 Å². The predicted octanol–water partition coefficient (Wildman–Crippen LogP) is 3.45. The fourth-order valence-electron chi connectivity index (χ4n) is 3.54. The topological polar surface area (TPSA) is 47.4 Å².